The molecule has 1 rings (SSSR count). The van der Waals surface area contributed by atoms with Gasteiger partial charge in [-0.3, -0.25) is 9.59 Å². The molecule has 0 aliphatic heterocycles. The standard InChI is InChI=1S/C14H17N3O4/c1-2-8-16-13(19)11(12(15)18)17-14(20)21-9-10-6-4-3-5-7-10/h2-7,11H,1,8-9H2,(H2,15,18)(H,16,19)(H,17,20). The van der Waals surface area contributed by atoms with Crippen LogP contribution in [0.5, 0.6) is 0 Å². The Morgan fingerprint density at radius 3 is 2.52 bits per heavy atom. The lowest BCUT2D eigenvalue weighted by molar-refractivity contribution is -0.130. The van der Waals surface area contributed by atoms with Gasteiger partial charge < -0.3 is 21.1 Å². The molecule has 0 bridgehead atoms. The fourth-order valence-corrected chi connectivity index (χ4v) is 1.42. The predicted molar refractivity (Wildman–Crippen MR) is 76.0 cm³/mol. The van der Waals surface area contributed by atoms with Crippen molar-refractivity contribution in [1.29, 1.82) is 0 Å². The molecule has 4 N–H and O–H groups in total. The number of benzene rings is 1. The average molecular weight is 291 g/mol. The first-order valence-corrected chi connectivity index (χ1v) is 6.19. The van der Waals surface area contributed by atoms with Gasteiger partial charge in [-0.15, -0.1) is 6.58 Å². The number of nitrogens with one attached hydrogen (secondary N) is 2. The second-order valence-corrected chi connectivity index (χ2v) is 4.08. The largest absolute Gasteiger partial charge is 0.445 e. The van der Waals surface area contributed by atoms with Crippen molar-refractivity contribution in [3.05, 3.63) is 48.6 Å². The van der Waals surface area contributed by atoms with Crippen molar-refractivity contribution >= 4 is 17.9 Å². The molecule has 0 heterocycles. The molecule has 0 aromatic heterocycles. The van der Waals surface area contributed by atoms with E-state index in [1.807, 2.05) is 6.07 Å². The van der Waals surface area contributed by atoms with Crippen LogP contribution in [-0.4, -0.2) is 30.5 Å². The van der Waals surface area contributed by atoms with Gasteiger partial charge in [-0.05, 0) is 5.56 Å². The van der Waals surface area contributed by atoms with E-state index in [2.05, 4.69) is 17.2 Å². The lowest BCUT2D eigenvalue weighted by atomic mass is 10.2. The minimum absolute atomic E-state index is 0.0203. The first-order valence-electron chi connectivity index (χ1n) is 6.19. The second kappa shape index (κ2) is 8.36. The Labute approximate surface area is 122 Å². The molecular weight excluding hydrogens is 274 g/mol. The predicted octanol–water partition coefficient (Wildman–Crippen LogP) is 0.0689. The summed E-state index contributed by atoms with van der Waals surface area (Å²) in [4.78, 5) is 34.4. The van der Waals surface area contributed by atoms with Gasteiger partial charge in [-0.1, -0.05) is 36.4 Å². The molecule has 1 unspecified atom stereocenters. The van der Waals surface area contributed by atoms with E-state index in [1.54, 1.807) is 24.3 Å². The lowest BCUT2D eigenvalue weighted by Gasteiger charge is -2.14. The maximum atomic E-state index is 11.6. The number of carbonyl (C=O) groups excluding carboxylic acids is 3. The van der Waals surface area contributed by atoms with Crippen LogP contribution in [0.4, 0.5) is 4.79 Å². The molecule has 0 radical (unpaired) electrons. The summed E-state index contributed by atoms with van der Waals surface area (Å²) in [6.45, 7) is 3.59. The summed E-state index contributed by atoms with van der Waals surface area (Å²) in [6.07, 6.45) is 0.528. The lowest BCUT2D eigenvalue weighted by Crippen LogP contribution is -2.54. The fraction of sp³-hybridized carbons (Fsp3) is 0.214. The van der Waals surface area contributed by atoms with E-state index in [0.29, 0.717) is 0 Å². The third kappa shape index (κ3) is 5.77. The van der Waals surface area contributed by atoms with Crippen LogP contribution in [0.3, 0.4) is 0 Å². The van der Waals surface area contributed by atoms with Crippen LogP contribution in [0.15, 0.2) is 43.0 Å². The van der Waals surface area contributed by atoms with Crippen LogP contribution in [0.1, 0.15) is 5.56 Å². The van der Waals surface area contributed by atoms with Gasteiger partial charge in [0.05, 0.1) is 0 Å². The molecule has 0 saturated heterocycles. The number of carbonyl (C=O) groups is 3. The van der Waals surface area contributed by atoms with Gasteiger partial charge in [-0.2, -0.15) is 0 Å². The van der Waals surface area contributed by atoms with Crippen LogP contribution in [-0.2, 0) is 20.9 Å². The van der Waals surface area contributed by atoms with E-state index in [-0.39, 0.29) is 13.2 Å². The third-order valence-corrected chi connectivity index (χ3v) is 2.44. The molecule has 7 heteroatoms. The Hall–Kier alpha value is -2.83. The van der Waals surface area contributed by atoms with Crippen molar-refractivity contribution in [2.24, 2.45) is 5.73 Å². The van der Waals surface area contributed by atoms with E-state index in [0.717, 1.165) is 5.56 Å². The second-order valence-electron chi connectivity index (χ2n) is 4.08. The van der Waals surface area contributed by atoms with Gasteiger partial charge in [0.2, 0.25) is 5.91 Å². The number of hydrogen-bond acceptors (Lipinski definition) is 4. The Balaban J connectivity index is 2.50. The SMILES string of the molecule is C=CCNC(=O)C(NC(=O)OCc1ccccc1)C(N)=O. The fourth-order valence-electron chi connectivity index (χ4n) is 1.42. The molecule has 7 nitrogen and oxygen atoms in total. The van der Waals surface area contributed by atoms with Gasteiger partial charge in [-0.25, -0.2) is 4.79 Å². The van der Waals surface area contributed by atoms with Crippen molar-refractivity contribution < 1.29 is 19.1 Å². The van der Waals surface area contributed by atoms with Gasteiger partial charge >= 0.3 is 6.09 Å². The zero-order valence-electron chi connectivity index (χ0n) is 11.4. The summed E-state index contributed by atoms with van der Waals surface area (Å²) < 4.78 is 4.91. The number of hydrogen-bond donors (Lipinski definition) is 3. The first-order chi connectivity index (χ1) is 10.0. The van der Waals surface area contributed by atoms with E-state index in [4.69, 9.17) is 10.5 Å². The molecule has 0 spiro atoms. The van der Waals surface area contributed by atoms with Crippen LogP contribution < -0.4 is 16.4 Å². The van der Waals surface area contributed by atoms with Crippen LogP contribution in [0.25, 0.3) is 0 Å². The van der Waals surface area contributed by atoms with Crippen molar-refractivity contribution in [3.63, 3.8) is 0 Å². The number of primary amides is 1. The summed E-state index contributed by atoms with van der Waals surface area (Å²) in [6, 6.07) is 7.48. The highest BCUT2D eigenvalue weighted by Crippen LogP contribution is 2.00. The smallest absolute Gasteiger partial charge is 0.408 e. The molecular formula is C14H17N3O4. The maximum Gasteiger partial charge on any atom is 0.408 e. The monoisotopic (exact) mass is 291 g/mol. The Bertz CT molecular complexity index is 516. The van der Waals surface area contributed by atoms with Crippen molar-refractivity contribution in [3.8, 4) is 0 Å². The summed E-state index contributed by atoms with van der Waals surface area (Å²) in [5, 5.41) is 4.48. The van der Waals surface area contributed by atoms with Crippen LogP contribution in [0.2, 0.25) is 0 Å². The van der Waals surface area contributed by atoms with Crippen molar-refractivity contribution in [2.75, 3.05) is 6.54 Å². The molecule has 112 valence electrons. The Kier molecular flexibility index (Phi) is 6.46. The average Bonchev–Trinajstić information content (AvgIpc) is 2.49. The van der Waals surface area contributed by atoms with E-state index >= 15 is 0 Å². The Morgan fingerprint density at radius 2 is 1.95 bits per heavy atom. The van der Waals surface area contributed by atoms with E-state index < -0.39 is 23.9 Å². The van der Waals surface area contributed by atoms with E-state index in [1.165, 1.54) is 6.08 Å². The summed E-state index contributed by atoms with van der Waals surface area (Å²) >= 11 is 0. The van der Waals surface area contributed by atoms with Crippen LogP contribution in [0, 0.1) is 0 Å². The summed E-state index contributed by atoms with van der Waals surface area (Å²) in [5.74, 6) is -1.70. The maximum absolute atomic E-state index is 11.6. The molecule has 21 heavy (non-hydrogen) atoms. The molecule has 1 aromatic carbocycles. The molecule has 0 aliphatic rings. The molecule has 0 saturated carbocycles. The quantitative estimate of drug-likeness (QED) is 0.487. The molecule has 0 fully saturated rings. The van der Waals surface area contributed by atoms with E-state index in [9.17, 15) is 14.4 Å². The van der Waals surface area contributed by atoms with Crippen LogP contribution >= 0.6 is 0 Å². The number of ether oxygens (including phenoxy) is 1. The zero-order valence-corrected chi connectivity index (χ0v) is 11.4. The van der Waals surface area contributed by atoms with Gasteiger partial charge in [0.15, 0.2) is 6.04 Å². The van der Waals surface area contributed by atoms with Crippen molar-refractivity contribution in [2.45, 2.75) is 12.6 Å². The first kappa shape index (κ1) is 16.2. The minimum Gasteiger partial charge on any atom is -0.445 e. The molecule has 0 aliphatic carbocycles. The minimum atomic E-state index is -1.49. The summed E-state index contributed by atoms with van der Waals surface area (Å²) in [5.41, 5.74) is 5.85. The van der Waals surface area contributed by atoms with Gasteiger partial charge in [0.25, 0.3) is 5.91 Å². The highest BCUT2D eigenvalue weighted by molar-refractivity contribution is 6.05. The number of rotatable bonds is 7. The molecule has 1 atom stereocenters. The highest BCUT2D eigenvalue weighted by atomic mass is 16.5. The normalized spacial score (nSPS) is 11.0. The number of amides is 3. The zero-order chi connectivity index (χ0) is 15.7. The number of nitrogens with two attached hydrogens (primary N) is 1. The van der Waals surface area contributed by atoms with Gasteiger partial charge in [0.1, 0.15) is 6.61 Å². The molecule has 3 amide bonds. The highest BCUT2D eigenvalue weighted by Gasteiger charge is 2.26. The number of alkyl carbamates (subject to hydrolysis) is 1. The molecule has 1 aromatic rings. The third-order valence-electron chi connectivity index (χ3n) is 2.44. The summed E-state index contributed by atoms with van der Waals surface area (Å²) in [7, 11) is 0. The Morgan fingerprint density at radius 1 is 1.29 bits per heavy atom. The van der Waals surface area contributed by atoms with Gasteiger partial charge in [0, 0.05) is 6.54 Å². The van der Waals surface area contributed by atoms with Crippen molar-refractivity contribution in [1.82, 2.24) is 10.6 Å². The topological polar surface area (TPSA) is 111 Å².